The Morgan fingerprint density at radius 1 is 1.16 bits per heavy atom. The molecule has 1 aromatic rings. The van der Waals surface area contributed by atoms with Gasteiger partial charge in [-0.1, -0.05) is 12.8 Å². The van der Waals surface area contributed by atoms with Crippen LogP contribution in [0.5, 0.6) is 17.2 Å². The third kappa shape index (κ3) is 3.25. The molecule has 0 bridgehead atoms. The Hall–Kier alpha value is -1.13. The number of hydrogen-bond acceptors (Lipinski definition) is 4. The highest BCUT2D eigenvalue weighted by atomic mass is 35.5. The van der Waals surface area contributed by atoms with Gasteiger partial charge in [-0.25, -0.2) is 0 Å². The average molecular weight is 288 g/mol. The van der Waals surface area contributed by atoms with E-state index in [9.17, 15) is 5.11 Å². The molecule has 0 aliphatic heterocycles. The van der Waals surface area contributed by atoms with Gasteiger partial charge in [-0.2, -0.15) is 0 Å². The third-order valence-electron chi connectivity index (χ3n) is 3.79. The predicted molar refractivity (Wildman–Crippen MR) is 77.3 cm³/mol. The lowest BCUT2D eigenvalue weighted by Gasteiger charge is -2.21. The Labute approximate surface area is 120 Å². The van der Waals surface area contributed by atoms with Crippen LogP contribution in [0.3, 0.4) is 0 Å². The zero-order chi connectivity index (χ0) is 13.1. The smallest absolute Gasteiger partial charge is 0.200 e. The fourth-order valence-electron chi connectivity index (χ4n) is 2.69. The highest BCUT2D eigenvalue weighted by molar-refractivity contribution is 5.85. The van der Waals surface area contributed by atoms with E-state index in [1.807, 2.05) is 0 Å². The van der Waals surface area contributed by atoms with Crippen molar-refractivity contribution in [3.05, 3.63) is 17.7 Å². The molecule has 1 aliphatic rings. The minimum absolute atomic E-state index is 0. The van der Waals surface area contributed by atoms with Crippen LogP contribution in [0.4, 0.5) is 0 Å². The summed E-state index contributed by atoms with van der Waals surface area (Å²) in [6.45, 7) is 0. The molecule has 0 aromatic heterocycles. The van der Waals surface area contributed by atoms with Gasteiger partial charge in [0.1, 0.15) is 0 Å². The first-order valence-electron chi connectivity index (χ1n) is 6.37. The summed E-state index contributed by atoms with van der Waals surface area (Å²) in [5, 5.41) is 9.87. The first kappa shape index (κ1) is 15.9. The normalized spacial score (nSPS) is 16.8. The molecule has 0 amide bonds. The molecular weight excluding hydrogens is 266 g/mol. The summed E-state index contributed by atoms with van der Waals surface area (Å²) in [5.74, 6) is 1.38. The predicted octanol–water partition coefficient (Wildman–Crippen LogP) is 3.02. The number of aromatic hydroxyl groups is 1. The van der Waals surface area contributed by atoms with Crippen molar-refractivity contribution in [2.24, 2.45) is 11.7 Å². The van der Waals surface area contributed by atoms with Crippen molar-refractivity contribution in [1.29, 1.82) is 0 Å². The molecule has 2 rings (SSSR count). The zero-order valence-electron chi connectivity index (χ0n) is 11.4. The summed E-state index contributed by atoms with van der Waals surface area (Å²) in [4.78, 5) is 0. The Morgan fingerprint density at radius 3 is 2.05 bits per heavy atom. The van der Waals surface area contributed by atoms with Crippen molar-refractivity contribution < 1.29 is 14.6 Å². The van der Waals surface area contributed by atoms with Gasteiger partial charge in [0.25, 0.3) is 0 Å². The highest BCUT2D eigenvalue weighted by Crippen LogP contribution is 2.41. The van der Waals surface area contributed by atoms with Crippen LogP contribution in [-0.2, 0) is 0 Å². The number of rotatable bonds is 4. The van der Waals surface area contributed by atoms with Gasteiger partial charge < -0.3 is 20.3 Å². The second kappa shape index (κ2) is 6.87. The quantitative estimate of drug-likeness (QED) is 0.893. The molecule has 0 unspecified atom stereocenters. The van der Waals surface area contributed by atoms with E-state index in [1.165, 1.54) is 39.9 Å². The summed E-state index contributed by atoms with van der Waals surface area (Å²) in [6, 6.07) is 3.60. The van der Waals surface area contributed by atoms with Crippen molar-refractivity contribution in [1.82, 2.24) is 0 Å². The number of hydrogen-bond donors (Lipinski definition) is 2. The lowest BCUT2D eigenvalue weighted by molar-refractivity contribution is 0.337. The van der Waals surface area contributed by atoms with Gasteiger partial charge in [-0.15, -0.1) is 12.4 Å². The molecule has 1 aliphatic carbocycles. The topological polar surface area (TPSA) is 64.7 Å². The number of phenols is 1. The average Bonchev–Trinajstić information content (AvgIpc) is 2.92. The number of methoxy groups -OCH3 is 2. The van der Waals surface area contributed by atoms with Gasteiger partial charge in [0, 0.05) is 6.04 Å². The number of ether oxygens (including phenoxy) is 2. The highest BCUT2D eigenvalue weighted by Gasteiger charge is 2.25. The molecule has 0 heterocycles. The van der Waals surface area contributed by atoms with E-state index in [2.05, 4.69) is 0 Å². The summed E-state index contributed by atoms with van der Waals surface area (Å²) in [6.07, 6.45) is 4.86. The van der Waals surface area contributed by atoms with Crippen LogP contribution in [0, 0.1) is 5.92 Å². The van der Waals surface area contributed by atoms with Crippen LogP contribution in [-0.4, -0.2) is 19.3 Å². The van der Waals surface area contributed by atoms with Gasteiger partial charge in [-0.3, -0.25) is 0 Å². The number of nitrogens with two attached hydrogens (primary N) is 1. The molecule has 1 atom stereocenters. The molecule has 0 radical (unpaired) electrons. The molecule has 1 fully saturated rings. The molecule has 19 heavy (non-hydrogen) atoms. The van der Waals surface area contributed by atoms with Crippen LogP contribution in [0.2, 0.25) is 0 Å². The summed E-state index contributed by atoms with van der Waals surface area (Å²) >= 11 is 0. The molecule has 5 heteroatoms. The van der Waals surface area contributed by atoms with Gasteiger partial charge in [-0.05, 0) is 36.5 Å². The van der Waals surface area contributed by atoms with Gasteiger partial charge in [0.2, 0.25) is 5.75 Å². The van der Waals surface area contributed by atoms with E-state index in [4.69, 9.17) is 15.2 Å². The van der Waals surface area contributed by atoms with E-state index in [0.717, 1.165) is 5.56 Å². The standard InChI is InChI=1S/C14H21NO3.ClH/c1-17-11-7-10(8-12(18-2)14(11)16)13(15)9-5-3-4-6-9;/h7-9,13,16H,3-6,15H2,1-2H3;1H/t13-;/m1./s1. The van der Waals surface area contributed by atoms with Crippen LogP contribution in [0.15, 0.2) is 12.1 Å². The van der Waals surface area contributed by atoms with Crippen molar-refractivity contribution in [3.8, 4) is 17.2 Å². The van der Waals surface area contributed by atoms with Crippen LogP contribution >= 0.6 is 12.4 Å². The summed E-state index contributed by atoms with van der Waals surface area (Å²) in [5.41, 5.74) is 7.27. The Morgan fingerprint density at radius 2 is 1.63 bits per heavy atom. The molecule has 4 nitrogen and oxygen atoms in total. The van der Waals surface area contributed by atoms with Crippen LogP contribution in [0.25, 0.3) is 0 Å². The molecule has 1 saturated carbocycles. The van der Waals surface area contributed by atoms with E-state index in [-0.39, 0.29) is 24.2 Å². The lowest BCUT2D eigenvalue weighted by Crippen LogP contribution is -2.19. The molecule has 108 valence electrons. The Bertz CT molecular complexity index is 394. The Balaban J connectivity index is 0.00000180. The number of benzene rings is 1. The van der Waals surface area contributed by atoms with Gasteiger partial charge in [0.15, 0.2) is 11.5 Å². The molecule has 0 saturated heterocycles. The van der Waals surface area contributed by atoms with E-state index in [1.54, 1.807) is 12.1 Å². The fraction of sp³-hybridized carbons (Fsp3) is 0.571. The SMILES string of the molecule is COc1cc([C@H](N)C2CCCC2)cc(OC)c1O.Cl. The molecule has 3 N–H and O–H groups in total. The zero-order valence-corrected chi connectivity index (χ0v) is 12.2. The van der Waals surface area contributed by atoms with E-state index >= 15 is 0 Å². The minimum Gasteiger partial charge on any atom is -0.502 e. The van der Waals surface area contributed by atoms with Crippen molar-refractivity contribution in [2.45, 2.75) is 31.7 Å². The van der Waals surface area contributed by atoms with Crippen LogP contribution in [0.1, 0.15) is 37.3 Å². The summed E-state index contributed by atoms with van der Waals surface area (Å²) in [7, 11) is 3.05. The number of phenolic OH excluding ortho intramolecular Hbond substituents is 1. The largest absolute Gasteiger partial charge is 0.502 e. The molecular formula is C14H22ClNO3. The summed E-state index contributed by atoms with van der Waals surface area (Å²) < 4.78 is 10.3. The van der Waals surface area contributed by atoms with Crippen molar-refractivity contribution in [3.63, 3.8) is 0 Å². The minimum atomic E-state index is -0.0177. The van der Waals surface area contributed by atoms with E-state index in [0.29, 0.717) is 17.4 Å². The lowest BCUT2D eigenvalue weighted by atomic mass is 9.92. The van der Waals surface area contributed by atoms with Gasteiger partial charge in [0.05, 0.1) is 14.2 Å². The molecule has 0 spiro atoms. The van der Waals surface area contributed by atoms with Crippen molar-refractivity contribution in [2.75, 3.05) is 14.2 Å². The first-order chi connectivity index (χ1) is 8.67. The first-order valence-corrected chi connectivity index (χ1v) is 6.37. The van der Waals surface area contributed by atoms with E-state index < -0.39 is 0 Å². The fourth-order valence-corrected chi connectivity index (χ4v) is 2.69. The maximum absolute atomic E-state index is 9.87. The maximum atomic E-state index is 9.87. The second-order valence-electron chi connectivity index (χ2n) is 4.84. The molecule has 1 aromatic carbocycles. The third-order valence-corrected chi connectivity index (χ3v) is 3.79. The Kier molecular flexibility index (Phi) is 5.76. The van der Waals surface area contributed by atoms with Crippen molar-refractivity contribution >= 4 is 12.4 Å². The monoisotopic (exact) mass is 287 g/mol. The van der Waals surface area contributed by atoms with Gasteiger partial charge >= 0.3 is 0 Å². The van der Waals surface area contributed by atoms with Crippen LogP contribution < -0.4 is 15.2 Å². The number of halogens is 1. The second-order valence-corrected chi connectivity index (χ2v) is 4.84. The maximum Gasteiger partial charge on any atom is 0.200 e.